The van der Waals surface area contributed by atoms with Gasteiger partial charge >= 0.3 is 0 Å². The molecule has 31 heavy (non-hydrogen) atoms. The van der Waals surface area contributed by atoms with Crippen molar-refractivity contribution in [2.75, 3.05) is 13.2 Å². The summed E-state index contributed by atoms with van der Waals surface area (Å²) in [5, 5.41) is 11.8. The maximum absolute atomic E-state index is 13.3. The molecule has 0 radical (unpaired) electrons. The van der Waals surface area contributed by atoms with Gasteiger partial charge in [0.2, 0.25) is 5.78 Å². The van der Waals surface area contributed by atoms with Gasteiger partial charge in [-0.15, -0.1) is 0 Å². The molecule has 1 amide bonds. The van der Waals surface area contributed by atoms with E-state index in [1.807, 2.05) is 13.8 Å². The molecule has 0 fully saturated rings. The number of carbonyl (C=O) groups excluding carboxylic acids is 2. The number of nitrogens with zero attached hydrogens (tertiary/aromatic N) is 1. The number of Topliss-reactive ketones (excluding diaryl/α,β-unsaturated/α-hetero) is 1. The normalized spacial score (nSPS) is 16.8. The molecular weight excluding hydrogens is 422 g/mol. The van der Waals surface area contributed by atoms with Crippen molar-refractivity contribution in [3.63, 3.8) is 0 Å². The van der Waals surface area contributed by atoms with E-state index < -0.39 is 23.5 Å². The van der Waals surface area contributed by atoms with Crippen LogP contribution in [0.25, 0.3) is 11.0 Å². The standard InChI is InChI=1S/C23H22ClNO6/c1-13(2)29-10-4-8-25-20(17-5-3-9-30-17)19(22(27)23(25)28)21(26)18-12-14-11-15(24)6-7-16(14)31-18/h3,5-7,9,11-13,20,27H,4,8,10H2,1-2H3. The number of ether oxygens (including phenoxy) is 1. The van der Waals surface area contributed by atoms with Crippen LogP contribution in [-0.2, 0) is 9.53 Å². The lowest BCUT2D eigenvalue weighted by atomic mass is 9.99. The summed E-state index contributed by atoms with van der Waals surface area (Å²) < 4.78 is 16.7. The van der Waals surface area contributed by atoms with Gasteiger partial charge in [0.15, 0.2) is 11.5 Å². The van der Waals surface area contributed by atoms with Crippen LogP contribution in [0.3, 0.4) is 0 Å². The van der Waals surface area contributed by atoms with E-state index in [2.05, 4.69) is 0 Å². The van der Waals surface area contributed by atoms with Crippen LogP contribution in [0.1, 0.15) is 42.6 Å². The predicted octanol–water partition coefficient (Wildman–Crippen LogP) is 5.07. The molecule has 1 N–H and O–H groups in total. The summed E-state index contributed by atoms with van der Waals surface area (Å²) in [6.45, 7) is 4.59. The van der Waals surface area contributed by atoms with Gasteiger partial charge in [-0.3, -0.25) is 9.59 Å². The molecule has 162 valence electrons. The van der Waals surface area contributed by atoms with Crippen molar-refractivity contribution in [1.82, 2.24) is 4.90 Å². The molecule has 4 rings (SSSR count). The van der Waals surface area contributed by atoms with Crippen LogP contribution >= 0.6 is 11.6 Å². The fraction of sp³-hybridized carbons (Fsp3) is 0.304. The summed E-state index contributed by atoms with van der Waals surface area (Å²) >= 11 is 6.02. The number of hydrogen-bond acceptors (Lipinski definition) is 6. The Morgan fingerprint density at radius 2 is 2.10 bits per heavy atom. The highest BCUT2D eigenvalue weighted by Crippen LogP contribution is 2.40. The van der Waals surface area contributed by atoms with Crippen LogP contribution in [0.15, 0.2) is 62.8 Å². The number of aliphatic hydroxyl groups excluding tert-OH is 1. The van der Waals surface area contributed by atoms with Crippen LogP contribution in [0.5, 0.6) is 0 Å². The minimum absolute atomic E-state index is 0.00756. The average molecular weight is 444 g/mol. The lowest BCUT2D eigenvalue weighted by molar-refractivity contribution is -0.129. The largest absolute Gasteiger partial charge is 0.503 e. The van der Waals surface area contributed by atoms with E-state index in [0.717, 1.165) is 0 Å². The van der Waals surface area contributed by atoms with E-state index in [0.29, 0.717) is 34.8 Å². The number of furan rings is 2. The molecule has 1 aliphatic heterocycles. The average Bonchev–Trinajstić information content (AvgIpc) is 3.44. The summed E-state index contributed by atoms with van der Waals surface area (Å²) in [7, 11) is 0. The molecular formula is C23H22ClNO6. The summed E-state index contributed by atoms with van der Waals surface area (Å²) in [6, 6.07) is 9.02. The number of amides is 1. The molecule has 1 aliphatic rings. The molecule has 1 aromatic carbocycles. The second kappa shape index (κ2) is 8.61. The van der Waals surface area contributed by atoms with E-state index in [-0.39, 0.29) is 24.0 Å². The highest BCUT2D eigenvalue weighted by molar-refractivity contribution is 6.31. The molecule has 1 unspecified atom stereocenters. The molecule has 7 nitrogen and oxygen atoms in total. The zero-order chi connectivity index (χ0) is 22.1. The topological polar surface area (TPSA) is 93.1 Å². The van der Waals surface area contributed by atoms with Crippen LogP contribution in [0.2, 0.25) is 5.02 Å². The Kier molecular flexibility index (Phi) is 5.89. The van der Waals surface area contributed by atoms with E-state index in [1.165, 1.54) is 11.2 Å². The van der Waals surface area contributed by atoms with Gasteiger partial charge in [0, 0.05) is 23.6 Å². The second-order valence-corrected chi connectivity index (χ2v) is 8.01. The smallest absolute Gasteiger partial charge is 0.290 e. The van der Waals surface area contributed by atoms with Crippen LogP contribution in [0, 0.1) is 0 Å². The number of rotatable bonds is 8. The first kappa shape index (κ1) is 21.2. The highest BCUT2D eigenvalue weighted by atomic mass is 35.5. The van der Waals surface area contributed by atoms with Gasteiger partial charge in [-0.2, -0.15) is 0 Å². The third-order valence-electron chi connectivity index (χ3n) is 5.06. The molecule has 3 heterocycles. The number of benzene rings is 1. The van der Waals surface area contributed by atoms with Gasteiger partial charge in [0.1, 0.15) is 17.4 Å². The summed E-state index contributed by atoms with van der Waals surface area (Å²) in [6.07, 6.45) is 2.07. The molecule has 0 bridgehead atoms. The minimum Gasteiger partial charge on any atom is -0.503 e. The quantitative estimate of drug-likeness (QED) is 0.386. The van der Waals surface area contributed by atoms with Crippen molar-refractivity contribution >= 4 is 34.3 Å². The Morgan fingerprint density at radius 3 is 2.81 bits per heavy atom. The molecule has 8 heteroatoms. The molecule has 0 aliphatic carbocycles. The van der Waals surface area contributed by atoms with Crippen molar-refractivity contribution in [1.29, 1.82) is 0 Å². The van der Waals surface area contributed by atoms with Crippen molar-refractivity contribution in [3.8, 4) is 0 Å². The number of ketones is 1. The Labute approximate surface area is 183 Å². The SMILES string of the molecule is CC(C)OCCCN1C(=O)C(O)=C(C(=O)c2cc3cc(Cl)ccc3o2)C1c1ccco1. The Bertz CT molecular complexity index is 1140. The summed E-state index contributed by atoms with van der Waals surface area (Å²) in [5.41, 5.74) is 0.407. The third kappa shape index (κ3) is 4.11. The van der Waals surface area contributed by atoms with Crippen molar-refractivity contribution in [2.45, 2.75) is 32.4 Å². The number of aliphatic hydroxyl groups is 1. The van der Waals surface area contributed by atoms with E-state index in [1.54, 1.807) is 36.4 Å². The minimum atomic E-state index is -0.856. The fourth-order valence-corrected chi connectivity index (χ4v) is 3.85. The molecule has 0 saturated carbocycles. The van der Waals surface area contributed by atoms with E-state index >= 15 is 0 Å². The molecule has 0 saturated heterocycles. The van der Waals surface area contributed by atoms with Gasteiger partial charge in [-0.1, -0.05) is 11.6 Å². The summed E-state index contributed by atoms with van der Waals surface area (Å²) in [5.74, 6) is -1.43. The van der Waals surface area contributed by atoms with Crippen molar-refractivity contribution in [2.24, 2.45) is 0 Å². The summed E-state index contributed by atoms with van der Waals surface area (Å²) in [4.78, 5) is 27.6. The van der Waals surface area contributed by atoms with E-state index in [9.17, 15) is 14.7 Å². The zero-order valence-electron chi connectivity index (χ0n) is 17.1. The Morgan fingerprint density at radius 1 is 1.29 bits per heavy atom. The van der Waals surface area contributed by atoms with Gasteiger partial charge in [-0.25, -0.2) is 0 Å². The predicted molar refractivity (Wildman–Crippen MR) is 114 cm³/mol. The fourth-order valence-electron chi connectivity index (χ4n) is 3.67. The zero-order valence-corrected chi connectivity index (χ0v) is 17.9. The third-order valence-corrected chi connectivity index (χ3v) is 5.29. The van der Waals surface area contributed by atoms with Crippen molar-refractivity contribution in [3.05, 3.63) is 70.5 Å². The van der Waals surface area contributed by atoms with Gasteiger partial charge in [-0.05, 0) is 56.7 Å². The maximum atomic E-state index is 13.3. The van der Waals surface area contributed by atoms with Gasteiger partial charge < -0.3 is 23.6 Å². The number of hydrogen-bond donors (Lipinski definition) is 1. The molecule has 0 spiro atoms. The first-order chi connectivity index (χ1) is 14.9. The van der Waals surface area contributed by atoms with Crippen molar-refractivity contribution < 1.29 is 28.3 Å². The lowest BCUT2D eigenvalue weighted by Gasteiger charge is -2.24. The first-order valence-electron chi connectivity index (χ1n) is 9.99. The van der Waals surface area contributed by atoms with Gasteiger partial charge in [0.25, 0.3) is 5.91 Å². The van der Waals surface area contributed by atoms with Crippen LogP contribution in [0.4, 0.5) is 0 Å². The monoisotopic (exact) mass is 443 g/mol. The Balaban J connectivity index is 1.66. The molecule has 2 aromatic heterocycles. The van der Waals surface area contributed by atoms with Crippen LogP contribution in [-0.4, -0.2) is 41.0 Å². The second-order valence-electron chi connectivity index (χ2n) is 7.57. The highest BCUT2D eigenvalue weighted by Gasteiger charge is 2.45. The van der Waals surface area contributed by atoms with Gasteiger partial charge in [0.05, 0.1) is 17.9 Å². The molecule has 1 atom stereocenters. The lowest BCUT2D eigenvalue weighted by Crippen LogP contribution is -2.32. The van der Waals surface area contributed by atoms with Crippen LogP contribution < -0.4 is 0 Å². The number of fused-ring (bicyclic) bond motifs is 1. The number of carbonyl (C=O) groups is 2. The molecule has 3 aromatic rings. The Hall–Kier alpha value is -3.03. The number of halogens is 1. The maximum Gasteiger partial charge on any atom is 0.290 e. The van der Waals surface area contributed by atoms with E-state index in [4.69, 9.17) is 25.2 Å². The first-order valence-corrected chi connectivity index (χ1v) is 10.4.